The van der Waals surface area contributed by atoms with E-state index in [2.05, 4.69) is 10.2 Å². The Morgan fingerprint density at radius 1 is 1.12 bits per heavy atom. The van der Waals surface area contributed by atoms with E-state index in [0.717, 1.165) is 25.9 Å². The number of benzene rings is 1. The summed E-state index contributed by atoms with van der Waals surface area (Å²) in [6.07, 6.45) is 3.16. The van der Waals surface area contributed by atoms with Crippen LogP contribution in [0, 0.1) is 5.82 Å². The van der Waals surface area contributed by atoms with Crippen LogP contribution < -0.4 is 5.32 Å². The van der Waals surface area contributed by atoms with Gasteiger partial charge in [0, 0.05) is 26.2 Å². The van der Waals surface area contributed by atoms with Gasteiger partial charge in [0.1, 0.15) is 11.4 Å². The van der Waals surface area contributed by atoms with Crippen molar-refractivity contribution in [3.8, 4) is 0 Å². The highest BCUT2D eigenvalue weighted by molar-refractivity contribution is 5.92. The Balaban J connectivity index is 1.69. The average molecular weight is 347 g/mol. The van der Waals surface area contributed by atoms with Gasteiger partial charge in [0.15, 0.2) is 0 Å². The van der Waals surface area contributed by atoms with Crippen LogP contribution in [0.1, 0.15) is 31.2 Å². The molecule has 136 valence electrons. The fourth-order valence-electron chi connectivity index (χ4n) is 3.81. The molecule has 0 spiro atoms. The summed E-state index contributed by atoms with van der Waals surface area (Å²) in [5.41, 5.74) is -0.446. The van der Waals surface area contributed by atoms with Gasteiger partial charge in [-0.25, -0.2) is 4.39 Å². The van der Waals surface area contributed by atoms with Gasteiger partial charge in [-0.1, -0.05) is 31.0 Å². The molecular formula is C19H26FN3O2. The van der Waals surface area contributed by atoms with Crippen LogP contribution in [0.15, 0.2) is 24.3 Å². The lowest BCUT2D eigenvalue weighted by Gasteiger charge is -2.39. The Kier molecular flexibility index (Phi) is 5.37. The molecule has 1 aliphatic heterocycles. The Hall–Kier alpha value is -1.95. The van der Waals surface area contributed by atoms with Crippen LogP contribution in [0.5, 0.6) is 0 Å². The molecule has 0 unspecified atom stereocenters. The Morgan fingerprint density at radius 3 is 2.40 bits per heavy atom. The van der Waals surface area contributed by atoms with Gasteiger partial charge in [0.05, 0.1) is 6.42 Å². The topological polar surface area (TPSA) is 52.6 Å². The van der Waals surface area contributed by atoms with Crippen molar-refractivity contribution in [3.63, 3.8) is 0 Å². The maximum atomic E-state index is 13.8. The minimum Gasteiger partial charge on any atom is -0.341 e. The maximum Gasteiger partial charge on any atom is 0.248 e. The highest BCUT2D eigenvalue weighted by Gasteiger charge is 2.45. The average Bonchev–Trinajstić information content (AvgIpc) is 3.06. The molecule has 3 rings (SSSR count). The predicted molar refractivity (Wildman–Crippen MR) is 93.5 cm³/mol. The van der Waals surface area contributed by atoms with Crippen molar-refractivity contribution in [2.75, 3.05) is 33.2 Å². The van der Waals surface area contributed by atoms with E-state index in [-0.39, 0.29) is 24.1 Å². The highest BCUT2D eigenvalue weighted by atomic mass is 19.1. The summed E-state index contributed by atoms with van der Waals surface area (Å²) in [5.74, 6) is -0.641. The monoisotopic (exact) mass is 347 g/mol. The van der Waals surface area contributed by atoms with Gasteiger partial charge < -0.3 is 15.1 Å². The van der Waals surface area contributed by atoms with Gasteiger partial charge in [-0.05, 0) is 31.5 Å². The molecule has 0 radical (unpaired) electrons. The maximum absolute atomic E-state index is 13.8. The molecule has 0 bridgehead atoms. The molecule has 1 aromatic rings. The standard InChI is InChI=1S/C19H26FN3O2/c1-22-10-12-23(13-11-22)18(25)19(8-4-5-9-19)21-17(24)14-15-6-2-3-7-16(15)20/h2-3,6-7H,4-5,8-14H2,1H3,(H,21,24). The molecule has 6 heteroatoms. The zero-order valence-corrected chi connectivity index (χ0v) is 14.8. The summed E-state index contributed by atoms with van der Waals surface area (Å²) in [6.45, 7) is 3.09. The molecule has 2 aliphatic rings. The molecule has 2 fully saturated rings. The third kappa shape index (κ3) is 4.00. The second-order valence-electron chi connectivity index (χ2n) is 7.20. The van der Waals surface area contributed by atoms with Crippen molar-refractivity contribution in [2.24, 2.45) is 0 Å². The number of hydrogen-bond acceptors (Lipinski definition) is 3. The number of nitrogens with zero attached hydrogens (tertiary/aromatic N) is 2. The van der Waals surface area contributed by atoms with E-state index in [9.17, 15) is 14.0 Å². The Morgan fingerprint density at radius 2 is 1.76 bits per heavy atom. The van der Waals surface area contributed by atoms with E-state index in [4.69, 9.17) is 0 Å². The predicted octanol–water partition coefficient (Wildman–Crippen LogP) is 1.57. The van der Waals surface area contributed by atoms with Crippen molar-refractivity contribution in [3.05, 3.63) is 35.6 Å². The number of amides is 2. The fraction of sp³-hybridized carbons (Fsp3) is 0.579. The number of carbonyl (C=O) groups is 2. The molecular weight excluding hydrogens is 321 g/mol. The third-order valence-electron chi connectivity index (χ3n) is 5.34. The van der Waals surface area contributed by atoms with E-state index in [0.29, 0.717) is 31.5 Å². The zero-order chi connectivity index (χ0) is 17.9. The number of halogens is 1. The van der Waals surface area contributed by atoms with Gasteiger partial charge >= 0.3 is 0 Å². The summed E-state index contributed by atoms with van der Waals surface area (Å²) in [4.78, 5) is 29.7. The summed E-state index contributed by atoms with van der Waals surface area (Å²) >= 11 is 0. The number of piperazine rings is 1. The zero-order valence-electron chi connectivity index (χ0n) is 14.8. The van der Waals surface area contributed by atoms with Crippen molar-refractivity contribution in [1.29, 1.82) is 0 Å². The molecule has 1 aliphatic carbocycles. The lowest BCUT2D eigenvalue weighted by molar-refractivity contribution is -0.143. The van der Waals surface area contributed by atoms with E-state index < -0.39 is 5.54 Å². The number of rotatable bonds is 4. The van der Waals surface area contributed by atoms with Crippen molar-refractivity contribution < 1.29 is 14.0 Å². The second kappa shape index (κ2) is 7.52. The van der Waals surface area contributed by atoms with E-state index in [1.165, 1.54) is 6.07 Å². The summed E-state index contributed by atoms with van der Waals surface area (Å²) in [6, 6.07) is 6.28. The largest absolute Gasteiger partial charge is 0.341 e. The van der Waals surface area contributed by atoms with Crippen LogP contribution >= 0.6 is 0 Å². The third-order valence-corrected chi connectivity index (χ3v) is 5.34. The van der Waals surface area contributed by atoms with Crippen LogP contribution in [0.4, 0.5) is 4.39 Å². The van der Waals surface area contributed by atoms with Gasteiger partial charge in [-0.15, -0.1) is 0 Å². The van der Waals surface area contributed by atoms with Crippen LogP contribution in [-0.2, 0) is 16.0 Å². The molecule has 1 saturated heterocycles. The smallest absolute Gasteiger partial charge is 0.248 e. The molecule has 1 N–H and O–H groups in total. The first-order valence-corrected chi connectivity index (χ1v) is 9.02. The molecule has 0 aromatic heterocycles. The Bertz CT molecular complexity index is 635. The molecule has 2 amide bonds. The molecule has 5 nitrogen and oxygen atoms in total. The van der Waals surface area contributed by atoms with Crippen LogP contribution in [0.3, 0.4) is 0 Å². The van der Waals surface area contributed by atoms with Crippen molar-refractivity contribution >= 4 is 11.8 Å². The highest BCUT2D eigenvalue weighted by Crippen LogP contribution is 2.32. The summed E-state index contributed by atoms with van der Waals surface area (Å²) in [5, 5.41) is 2.97. The first-order valence-electron chi connectivity index (χ1n) is 9.02. The quantitative estimate of drug-likeness (QED) is 0.900. The molecule has 25 heavy (non-hydrogen) atoms. The van der Waals surface area contributed by atoms with Gasteiger partial charge in [0.2, 0.25) is 11.8 Å². The van der Waals surface area contributed by atoms with Crippen molar-refractivity contribution in [2.45, 2.75) is 37.6 Å². The molecule has 1 heterocycles. The molecule has 1 aromatic carbocycles. The minimum absolute atomic E-state index is 0.0278. The number of hydrogen-bond donors (Lipinski definition) is 1. The van der Waals surface area contributed by atoms with Gasteiger partial charge in [0.25, 0.3) is 0 Å². The number of nitrogens with one attached hydrogen (secondary N) is 1. The first-order chi connectivity index (χ1) is 12.0. The van der Waals surface area contributed by atoms with Gasteiger partial charge in [-0.2, -0.15) is 0 Å². The second-order valence-corrected chi connectivity index (χ2v) is 7.20. The lowest BCUT2D eigenvalue weighted by atomic mass is 9.94. The Labute approximate surface area is 148 Å². The van der Waals surface area contributed by atoms with Crippen LogP contribution in [0.2, 0.25) is 0 Å². The van der Waals surface area contributed by atoms with Crippen LogP contribution in [0.25, 0.3) is 0 Å². The number of carbonyl (C=O) groups excluding carboxylic acids is 2. The fourth-order valence-corrected chi connectivity index (χ4v) is 3.81. The molecule has 0 atom stereocenters. The SMILES string of the molecule is CN1CCN(C(=O)C2(NC(=O)Cc3ccccc3F)CCCC2)CC1. The minimum atomic E-state index is -0.807. The van der Waals surface area contributed by atoms with Gasteiger partial charge in [-0.3, -0.25) is 9.59 Å². The van der Waals surface area contributed by atoms with E-state index in [1.54, 1.807) is 18.2 Å². The number of likely N-dealkylation sites (N-methyl/N-ethyl adjacent to an activating group) is 1. The first kappa shape index (κ1) is 17.9. The van der Waals surface area contributed by atoms with E-state index in [1.807, 2.05) is 11.9 Å². The normalized spacial score (nSPS) is 20.5. The summed E-state index contributed by atoms with van der Waals surface area (Å²) < 4.78 is 13.8. The molecule has 1 saturated carbocycles. The summed E-state index contributed by atoms with van der Waals surface area (Å²) in [7, 11) is 2.04. The lowest BCUT2D eigenvalue weighted by Crippen LogP contribution is -2.61. The van der Waals surface area contributed by atoms with Crippen molar-refractivity contribution in [1.82, 2.24) is 15.1 Å². The van der Waals surface area contributed by atoms with Crippen LogP contribution in [-0.4, -0.2) is 60.4 Å². The van der Waals surface area contributed by atoms with E-state index >= 15 is 0 Å².